The minimum atomic E-state index is -0.733. The summed E-state index contributed by atoms with van der Waals surface area (Å²) < 4.78 is 15.4. The van der Waals surface area contributed by atoms with Gasteiger partial charge in [-0.1, -0.05) is 52.0 Å². The quantitative estimate of drug-likeness (QED) is 0.190. The predicted molar refractivity (Wildman–Crippen MR) is 211 cm³/mol. The molecule has 0 spiro atoms. The number of imidazole rings is 2. The molecular weight excluding hydrogens is 729 g/mol. The summed E-state index contributed by atoms with van der Waals surface area (Å²) in [7, 11) is 2.59. The first-order valence-corrected chi connectivity index (χ1v) is 20.5. The van der Waals surface area contributed by atoms with E-state index in [-0.39, 0.29) is 40.5 Å². The van der Waals surface area contributed by atoms with E-state index in [0.717, 1.165) is 68.4 Å². The Morgan fingerprint density at radius 2 is 1.30 bits per heavy atom. The van der Waals surface area contributed by atoms with Crippen molar-refractivity contribution >= 4 is 24.0 Å². The van der Waals surface area contributed by atoms with E-state index in [1.54, 1.807) is 4.90 Å². The number of carbonyl (C=O) groups excluding carboxylic acids is 4. The van der Waals surface area contributed by atoms with E-state index in [0.29, 0.717) is 32.1 Å². The molecule has 2 bridgehead atoms. The number of aromatic nitrogens is 4. The molecule has 5 aliphatic rings. The van der Waals surface area contributed by atoms with Crippen LogP contribution in [-0.4, -0.2) is 106 Å². The van der Waals surface area contributed by atoms with Gasteiger partial charge in [0.2, 0.25) is 11.8 Å². The number of alkyl carbamates (subject to hydrolysis) is 2. The third-order valence-electron chi connectivity index (χ3n) is 13.2. The standard InChI is InChI=1S/C42H58N8O7/c1-25(2)33(47-39(53)55-5)37(51)49-19-7-8-30(49)35-44-23-32(46-35)42-16-13-41(14-17-42,15-18-42)28-11-9-27(10-12-28)29-22-43-36(45-29)31-24-57-21-20-50(31)38(52)34(26(3)4)48-40(54)56-6/h9-12,22-23,25-26,30-31,33-34H,7-8,13-21,24H2,1-6H3,(H,43,45)(H,44,46)(H,47,53)(H,48,54)/t30-,31-,33-,34-,41?,42?/m0/s1. The summed E-state index contributed by atoms with van der Waals surface area (Å²) in [5, 5.41) is 5.43. The SMILES string of the molecule is COC(=O)N[C@H](C(=O)N1CCOC[C@H]1c1ncc(-c2ccc(C34CCC(c5cnc([C@@H]6CCCN6C(=O)[C@@H](NC(=O)OC)C(C)C)[nH]5)(CC3)CC4)cc2)[nH]1)C(C)C. The minimum absolute atomic E-state index is 0.0439. The van der Waals surface area contributed by atoms with Crippen LogP contribution in [0.2, 0.25) is 0 Å². The van der Waals surface area contributed by atoms with E-state index < -0.39 is 30.3 Å². The lowest BCUT2D eigenvalue weighted by Crippen LogP contribution is -2.54. The van der Waals surface area contributed by atoms with Crippen LogP contribution < -0.4 is 10.6 Å². The van der Waals surface area contributed by atoms with Crippen molar-refractivity contribution in [2.75, 3.05) is 40.5 Å². The molecule has 15 nitrogen and oxygen atoms in total. The van der Waals surface area contributed by atoms with Crippen LogP contribution in [0.4, 0.5) is 9.59 Å². The molecular formula is C42H58N8O7. The number of aromatic amines is 2. The van der Waals surface area contributed by atoms with Crippen LogP contribution >= 0.6 is 0 Å². The van der Waals surface area contributed by atoms with Crippen LogP contribution in [-0.2, 0) is 34.6 Å². The maximum atomic E-state index is 13.7. The zero-order valence-corrected chi connectivity index (χ0v) is 34.1. The van der Waals surface area contributed by atoms with Crippen molar-refractivity contribution in [1.82, 2.24) is 40.4 Å². The lowest BCUT2D eigenvalue weighted by molar-refractivity contribution is -0.143. The summed E-state index contributed by atoms with van der Waals surface area (Å²) in [6, 6.07) is 6.89. The van der Waals surface area contributed by atoms with Gasteiger partial charge in [0.25, 0.3) is 0 Å². The number of carbonyl (C=O) groups is 4. The van der Waals surface area contributed by atoms with Gasteiger partial charge in [-0.25, -0.2) is 19.6 Å². The fraction of sp³-hybridized carbons (Fsp3) is 0.619. The van der Waals surface area contributed by atoms with Gasteiger partial charge in [-0.2, -0.15) is 0 Å². The normalized spacial score (nSPS) is 25.7. The molecule has 15 heteroatoms. The number of ether oxygens (including phenoxy) is 3. The Bertz CT molecular complexity index is 1900. The highest BCUT2D eigenvalue weighted by atomic mass is 16.5. The average Bonchev–Trinajstić information content (AvgIpc) is 4.04. The maximum Gasteiger partial charge on any atom is 0.407 e. The summed E-state index contributed by atoms with van der Waals surface area (Å²) in [5.74, 6) is 0.955. The molecule has 1 aromatic carbocycles. The van der Waals surface area contributed by atoms with Crippen LogP contribution in [0.15, 0.2) is 36.7 Å². The van der Waals surface area contributed by atoms with Crippen molar-refractivity contribution in [2.24, 2.45) is 11.8 Å². The van der Waals surface area contributed by atoms with Gasteiger partial charge in [-0.05, 0) is 79.7 Å². The second-order valence-corrected chi connectivity index (χ2v) is 17.0. The van der Waals surface area contributed by atoms with Crippen LogP contribution in [0.25, 0.3) is 11.3 Å². The van der Waals surface area contributed by atoms with Crippen LogP contribution in [0, 0.1) is 11.8 Å². The smallest absolute Gasteiger partial charge is 0.407 e. The largest absolute Gasteiger partial charge is 0.453 e. The summed E-state index contributed by atoms with van der Waals surface area (Å²) in [6.45, 7) is 9.37. The molecule has 3 saturated carbocycles. The number of H-pyrrole nitrogens is 2. The van der Waals surface area contributed by atoms with Crippen LogP contribution in [0.1, 0.15) is 114 Å². The van der Waals surface area contributed by atoms with E-state index in [1.807, 2.05) is 45.0 Å². The van der Waals surface area contributed by atoms with E-state index in [2.05, 4.69) is 44.9 Å². The molecule has 2 saturated heterocycles. The zero-order valence-electron chi connectivity index (χ0n) is 34.1. The van der Waals surface area contributed by atoms with Crippen LogP contribution in [0.3, 0.4) is 0 Å². The van der Waals surface area contributed by atoms with Gasteiger partial charge in [0.15, 0.2) is 0 Å². The number of hydrogen-bond donors (Lipinski definition) is 4. The number of nitrogens with zero attached hydrogens (tertiary/aromatic N) is 4. The highest BCUT2D eigenvalue weighted by Gasteiger charge is 2.51. The molecule has 4 N–H and O–H groups in total. The zero-order chi connectivity index (χ0) is 40.5. The number of likely N-dealkylation sites (tertiary alicyclic amines) is 1. The highest BCUT2D eigenvalue weighted by Crippen LogP contribution is 2.58. The van der Waals surface area contributed by atoms with Gasteiger partial charge < -0.3 is 44.6 Å². The first-order valence-electron chi connectivity index (χ1n) is 20.5. The van der Waals surface area contributed by atoms with Gasteiger partial charge >= 0.3 is 12.2 Å². The third kappa shape index (κ3) is 7.86. The molecule has 5 fully saturated rings. The average molecular weight is 787 g/mol. The van der Waals surface area contributed by atoms with Crippen molar-refractivity contribution in [3.63, 3.8) is 0 Å². The van der Waals surface area contributed by atoms with Crippen molar-refractivity contribution in [2.45, 2.75) is 114 Å². The Labute approximate surface area is 334 Å². The summed E-state index contributed by atoms with van der Waals surface area (Å²) in [4.78, 5) is 71.7. The van der Waals surface area contributed by atoms with Gasteiger partial charge in [0.05, 0.1) is 45.4 Å². The monoisotopic (exact) mass is 786 g/mol. The number of methoxy groups -OCH3 is 2. The third-order valence-corrected chi connectivity index (χ3v) is 13.2. The Kier molecular flexibility index (Phi) is 11.7. The molecule has 57 heavy (non-hydrogen) atoms. The van der Waals surface area contributed by atoms with Gasteiger partial charge in [0, 0.05) is 30.4 Å². The molecule has 3 aromatic rings. The van der Waals surface area contributed by atoms with Gasteiger partial charge in [-0.15, -0.1) is 0 Å². The Morgan fingerprint density at radius 3 is 1.88 bits per heavy atom. The Hall–Kier alpha value is -4.92. The number of fused-ring (bicyclic) bond motifs is 3. The number of hydrogen-bond acceptors (Lipinski definition) is 9. The lowest BCUT2D eigenvalue weighted by atomic mass is 9.51. The first-order chi connectivity index (χ1) is 27.4. The van der Waals surface area contributed by atoms with E-state index in [1.165, 1.54) is 25.5 Å². The molecule has 3 aliphatic carbocycles. The summed E-state index contributed by atoms with van der Waals surface area (Å²) >= 11 is 0. The first kappa shape index (κ1) is 40.3. The molecule has 4 atom stereocenters. The van der Waals surface area contributed by atoms with Crippen molar-refractivity contribution in [3.8, 4) is 11.3 Å². The molecule has 4 heterocycles. The molecule has 2 aromatic heterocycles. The Balaban J connectivity index is 1.00. The molecule has 2 aliphatic heterocycles. The lowest BCUT2D eigenvalue weighted by Gasteiger charge is -2.53. The summed E-state index contributed by atoms with van der Waals surface area (Å²) in [5.41, 5.74) is 4.58. The molecule has 308 valence electrons. The summed E-state index contributed by atoms with van der Waals surface area (Å²) in [6.07, 6.45) is 10.8. The van der Waals surface area contributed by atoms with E-state index in [9.17, 15) is 19.2 Å². The fourth-order valence-electron chi connectivity index (χ4n) is 9.62. The number of nitrogens with one attached hydrogen (secondary N) is 4. The van der Waals surface area contributed by atoms with Crippen molar-refractivity contribution in [1.29, 1.82) is 0 Å². The maximum absolute atomic E-state index is 13.7. The molecule has 8 rings (SSSR count). The Morgan fingerprint density at radius 1 is 0.754 bits per heavy atom. The van der Waals surface area contributed by atoms with E-state index in [4.69, 9.17) is 24.2 Å². The molecule has 0 radical (unpaired) electrons. The van der Waals surface area contributed by atoms with Crippen molar-refractivity contribution < 1.29 is 33.4 Å². The van der Waals surface area contributed by atoms with Crippen LogP contribution in [0.5, 0.6) is 0 Å². The van der Waals surface area contributed by atoms with Gasteiger partial charge in [-0.3, -0.25) is 9.59 Å². The van der Waals surface area contributed by atoms with E-state index >= 15 is 0 Å². The van der Waals surface area contributed by atoms with Crippen molar-refractivity contribution in [3.05, 3.63) is 59.6 Å². The topological polar surface area (TPSA) is 184 Å². The minimum Gasteiger partial charge on any atom is -0.453 e. The number of amides is 4. The van der Waals surface area contributed by atoms with Gasteiger partial charge in [0.1, 0.15) is 29.8 Å². The highest BCUT2D eigenvalue weighted by molar-refractivity contribution is 5.87. The number of rotatable bonds is 11. The second-order valence-electron chi connectivity index (χ2n) is 17.0. The molecule has 4 amide bonds. The second kappa shape index (κ2) is 16.5. The number of morpholine rings is 1. The number of benzene rings is 1. The molecule has 0 unspecified atom stereocenters. The predicted octanol–water partition coefficient (Wildman–Crippen LogP) is 5.67. The fourth-order valence-corrected chi connectivity index (χ4v) is 9.62.